The second-order valence-corrected chi connectivity index (χ2v) is 7.51. The Balaban J connectivity index is 1.41. The van der Waals surface area contributed by atoms with Gasteiger partial charge in [-0.15, -0.1) is 0 Å². The minimum Gasteiger partial charge on any atom is -0.497 e. The summed E-state index contributed by atoms with van der Waals surface area (Å²) in [5.41, 5.74) is 9.35. The number of hydrogen-bond donors (Lipinski definition) is 1. The van der Waals surface area contributed by atoms with Crippen LogP contribution in [0.2, 0.25) is 0 Å². The number of nitrogen functional groups attached to an aromatic ring is 1. The minimum absolute atomic E-state index is 0.142. The molecule has 1 aliphatic heterocycles. The molecule has 7 heteroatoms. The molecule has 0 bridgehead atoms. The summed E-state index contributed by atoms with van der Waals surface area (Å²) in [5, 5.41) is 0. The van der Waals surface area contributed by atoms with Crippen molar-refractivity contribution in [1.82, 2.24) is 19.9 Å². The van der Waals surface area contributed by atoms with Crippen LogP contribution in [0.5, 0.6) is 5.75 Å². The fraction of sp³-hybridized carbons (Fsp3) is 0.304. The third-order valence-corrected chi connectivity index (χ3v) is 5.47. The van der Waals surface area contributed by atoms with E-state index >= 15 is 0 Å². The van der Waals surface area contributed by atoms with Gasteiger partial charge >= 0.3 is 0 Å². The molecule has 1 fully saturated rings. The number of nitrogens with two attached hydrogens (primary N) is 1. The van der Waals surface area contributed by atoms with Gasteiger partial charge in [0.25, 0.3) is 0 Å². The fourth-order valence-electron chi connectivity index (χ4n) is 3.82. The molecule has 2 aromatic heterocycles. The number of piperidine rings is 1. The SMILES string of the molecule is COc1cccc(CC(=O)N2CCC[C@@H](c3ccc(-c4cnc(N)nc4)cn3)C2)c1. The Hall–Kier alpha value is -3.48. The Morgan fingerprint density at radius 2 is 1.93 bits per heavy atom. The molecule has 2 N–H and O–H groups in total. The summed E-state index contributed by atoms with van der Waals surface area (Å²) >= 11 is 0. The van der Waals surface area contributed by atoms with Gasteiger partial charge < -0.3 is 15.4 Å². The van der Waals surface area contributed by atoms with Crippen molar-refractivity contribution in [2.75, 3.05) is 25.9 Å². The summed E-state index contributed by atoms with van der Waals surface area (Å²) in [6.45, 7) is 1.49. The zero-order chi connectivity index (χ0) is 20.9. The van der Waals surface area contributed by atoms with E-state index in [0.29, 0.717) is 13.0 Å². The average molecular weight is 403 g/mol. The van der Waals surface area contributed by atoms with Crippen LogP contribution in [0.1, 0.15) is 30.0 Å². The highest BCUT2D eigenvalue weighted by Gasteiger charge is 2.25. The van der Waals surface area contributed by atoms with E-state index in [1.807, 2.05) is 47.5 Å². The quantitative estimate of drug-likeness (QED) is 0.704. The second-order valence-electron chi connectivity index (χ2n) is 7.51. The maximum atomic E-state index is 12.9. The standard InChI is InChI=1S/C23H25N5O2/c1-30-20-6-2-4-16(10-20)11-22(29)28-9-3-5-18(15-28)21-8-7-17(12-25-21)19-13-26-23(24)27-14-19/h2,4,6-8,10,12-14,18H,3,5,9,11,15H2,1H3,(H2,24,26,27)/t18-/m1/s1. The molecule has 0 spiro atoms. The van der Waals surface area contributed by atoms with Gasteiger partial charge in [-0.3, -0.25) is 9.78 Å². The number of carbonyl (C=O) groups excluding carboxylic acids is 1. The Labute approximate surface area is 175 Å². The number of likely N-dealkylation sites (tertiary alicyclic amines) is 1. The van der Waals surface area contributed by atoms with Gasteiger partial charge in [-0.05, 0) is 36.6 Å². The lowest BCUT2D eigenvalue weighted by atomic mass is 9.93. The van der Waals surface area contributed by atoms with Crippen molar-refractivity contribution in [3.63, 3.8) is 0 Å². The molecular weight excluding hydrogens is 378 g/mol. The number of rotatable bonds is 5. The second kappa shape index (κ2) is 8.90. The summed E-state index contributed by atoms with van der Waals surface area (Å²) < 4.78 is 5.26. The van der Waals surface area contributed by atoms with Crippen LogP contribution >= 0.6 is 0 Å². The molecular formula is C23H25N5O2. The summed E-state index contributed by atoms with van der Waals surface area (Å²) in [6.07, 6.45) is 7.61. The molecule has 1 aromatic carbocycles. The first-order chi connectivity index (χ1) is 14.6. The van der Waals surface area contributed by atoms with E-state index in [1.54, 1.807) is 19.5 Å². The number of hydrogen-bond acceptors (Lipinski definition) is 6. The van der Waals surface area contributed by atoms with Crippen LogP contribution in [0.15, 0.2) is 55.0 Å². The van der Waals surface area contributed by atoms with Crippen molar-refractivity contribution in [3.05, 3.63) is 66.2 Å². The predicted octanol–water partition coefficient (Wildman–Crippen LogP) is 3.08. The van der Waals surface area contributed by atoms with E-state index in [1.165, 1.54) is 0 Å². The molecule has 0 saturated carbocycles. The van der Waals surface area contributed by atoms with Gasteiger partial charge in [0.2, 0.25) is 11.9 Å². The highest BCUT2D eigenvalue weighted by atomic mass is 16.5. The van der Waals surface area contributed by atoms with Crippen molar-refractivity contribution in [3.8, 4) is 16.9 Å². The van der Waals surface area contributed by atoms with Crippen molar-refractivity contribution in [2.45, 2.75) is 25.2 Å². The van der Waals surface area contributed by atoms with Gasteiger partial charge in [0.1, 0.15) is 5.75 Å². The Morgan fingerprint density at radius 3 is 2.67 bits per heavy atom. The Kier molecular flexibility index (Phi) is 5.88. The highest BCUT2D eigenvalue weighted by molar-refractivity contribution is 5.79. The van der Waals surface area contributed by atoms with E-state index in [2.05, 4.69) is 15.0 Å². The number of benzene rings is 1. The lowest BCUT2D eigenvalue weighted by molar-refractivity contribution is -0.131. The van der Waals surface area contributed by atoms with Gasteiger partial charge in [0.05, 0.1) is 13.5 Å². The fourth-order valence-corrected chi connectivity index (χ4v) is 3.82. The van der Waals surface area contributed by atoms with Crippen LogP contribution in [0.3, 0.4) is 0 Å². The molecule has 1 saturated heterocycles. The molecule has 0 radical (unpaired) electrons. The molecule has 30 heavy (non-hydrogen) atoms. The molecule has 0 unspecified atom stereocenters. The smallest absolute Gasteiger partial charge is 0.227 e. The van der Waals surface area contributed by atoms with Crippen LogP contribution in [0.4, 0.5) is 5.95 Å². The molecule has 1 amide bonds. The van der Waals surface area contributed by atoms with Crippen LogP contribution in [0, 0.1) is 0 Å². The van der Waals surface area contributed by atoms with E-state index in [4.69, 9.17) is 10.5 Å². The van der Waals surface area contributed by atoms with E-state index in [0.717, 1.165) is 47.5 Å². The normalized spacial score (nSPS) is 16.3. The first-order valence-electron chi connectivity index (χ1n) is 10.1. The number of aromatic nitrogens is 3. The topological polar surface area (TPSA) is 94.2 Å². The predicted molar refractivity (Wildman–Crippen MR) is 115 cm³/mol. The molecule has 4 rings (SSSR count). The van der Waals surface area contributed by atoms with Crippen LogP contribution in [0.25, 0.3) is 11.1 Å². The summed E-state index contributed by atoms with van der Waals surface area (Å²) in [5.74, 6) is 1.41. The third kappa shape index (κ3) is 4.56. The van der Waals surface area contributed by atoms with Gasteiger partial charge in [-0.25, -0.2) is 9.97 Å². The lowest BCUT2D eigenvalue weighted by Gasteiger charge is -2.32. The van der Waals surface area contributed by atoms with Gasteiger partial charge in [-0.1, -0.05) is 18.2 Å². The van der Waals surface area contributed by atoms with Crippen molar-refractivity contribution < 1.29 is 9.53 Å². The number of ether oxygens (including phenoxy) is 1. The molecule has 7 nitrogen and oxygen atoms in total. The third-order valence-electron chi connectivity index (χ3n) is 5.47. The molecule has 0 aliphatic carbocycles. The number of methoxy groups -OCH3 is 1. The van der Waals surface area contributed by atoms with Gasteiger partial charge in [0, 0.05) is 54.4 Å². The number of carbonyl (C=O) groups is 1. The summed E-state index contributed by atoms with van der Waals surface area (Å²) in [4.78, 5) is 27.5. The van der Waals surface area contributed by atoms with Gasteiger partial charge in [0.15, 0.2) is 0 Å². The van der Waals surface area contributed by atoms with Crippen molar-refractivity contribution in [2.24, 2.45) is 0 Å². The van der Waals surface area contributed by atoms with Crippen LogP contribution < -0.4 is 10.5 Å². The average Bonchev–Trinajstić information content (AvgIpc) is 2.80. The number of anilines is 1. The Bertz CT molecular complexity index is 1000. The van der Waals surface area contributed by atoms with E-state index < -0.39 is 0 Å². The maximum Gasteiger partial charge on any atom is 0.227 e. The summed E-state index contributed by atoms with van der Waals surface area (Å²) in [7, 11) is 1.63. The van der Waals surface area contributed by atoms with Crippen LogP contribution in [-0.2, 0) is 11.2 Å². The van der Waals surface area contributed by atoms with Crippen molar-refractivity contribution in [1.29, 1.82) is 0 Å². The molecule has 3 heterocycles. The van der Waals surface area contributed by atoms with Crippen molar-refractivity contribution >= 4 is 11.9 Å². The maximum absolute atomic E-state index is 12.9. The summed E-state index contributed by atoms with van der Waals surface area (Å²) in [6, 6.07) is 11.7. The number of amides is 1. The molecule has 154 valence electrons. The zero-order valence-electron chi connectivity index (χ0n) is 17.0. The van der Waals surface area contributed by atoms with E-state index in [9.17, 15) is 4.79 Å². The lowest BCUT2D eigenvalue weighted by Crippen LogP contribution is -2.40. The number of pyridine rings is 1. The molecule has 1 atom stereocenters. The minimum atomic E-state index is 0.142. The zero-order valence-corrected chi connectivity index (χ0v) is 17.0. The van der Waals surface area contributed by atoms with Gasteiger partial charge in [-0.2, -0.15) is 0 Å². The molecule has 3 aromatic rings. The Morgan fingerprint density at radius 1 is 1.13 bits per heavy atom. The number of nitrogens with zero attached hydrogens (tertiary/aromatic N) is 4. The largest absolute Gasteiger partial charge is 0.497 e. The monoisotopic (exact) mass is 403 g/mol. The van der Waals surface area contributed by atoms with E-state index in [-0.39, 0.29) is 17.8 Å². The molecule has 1 aliphatic rings. The van der Waals surface area contributed by atoms with Crippen LogP contribution in [-0.4, -0.2) is 46.0 Å². The first kappa shape index (κ1) is 19.8. The highest BCUT2D eigenvalue weighted by Crippen LogP contribution is 2.27. The first-order valence-corrected chi connectivity index (χ1v) is 10.1.